The van der Waals surface area contributed by atoms with Gasteiger partial charge in [-0.3, -0.25) is 0 Å². The molecule has 0 saturated heterocycles. The van der Waals surface area contributed by atoms with E-state index in [0.717, 1.165) is 33.3 Å². The minimum Gasteiger partial charge on any atom is -0.361 e. The Labute approximate surface area is 118 Å². The number of rotatable bonds is 4. The van der Waals surface area contributed by atoms with Crippen molar-refractivity contribution in [3.8, 4) is 0 Å². The van der Waals surface area contributed by atoms with Gasteiger partial charge in [0.2, 0.25) is 0 Å². The molecule has 18 heavy (non-hydrogen) atoms. The molecule has 0 aliphatic carbocycles. The first kappa shape index (κ1) is 12.0. The quantitative estimate of drug-likeness (QED) is 0.756. The van der Waals surface area contributed by atoms with E-state index in [1.165, 1.54) is 4.88 Å². The largest absolute Gasteiger partial charge is 0.361 e. The van der Waals surface area contributed by atoms with Crippen molar-refractivity contribution in [2.24, 2.45) is 0 Å². The molecule has 5 heteroatoms. The molecule has 3 rings (SSSR count). The van der Waals surface area contributed by atoms with Gasteiger partial charge in [-0.2, -0.15) is 0 Å². The van der Waals surface area contributed by atoms with E-state index >= 15 is 0 Å². The molecule has 2 aromatic heterocycles. The summed E-state index contributed by atoms with van der Waals surface area (Å²) in [7, 11) is 0. The smallest absolute Gasteiger partial charge is 0.183 e. The summed E-state index contributed by atoms with van der Waals surface area (Å²) >= 11 is 9.53. The molecule has 0 aliphatic heterocycles. The fourth-order valence-corrected chi connectivity index (χ4v) is 3.63. The van der Waals surface area contributed by atoms with Gasteiger partial charge in [-0.1, -0.05) is 35.1 Å². The van der Waals surface area contributed by atoms with Crippen LogP contribution in [0.25, 0.3) is 10.2 Å². The van der Waals surface area contributed by atoms with Crippen molar-refractivity contribution in [2.45, 2.75) is 6.42 Å². The van der Waals surface area contributed by atoms with Crippen LogP contribution in [-0.4, -0.2) is 11.5 Å². The lowest BCUT2D eigenvalue weighted by Crippen LogP contribution is -2.03. The van der Waals surface area contributed by atoms with Gasteiger partial charge in [0.05, 0.1) is 15.2 Å². The normalized spacial score (nSPS) is 10.9. The number of anilines is 1. The number of fused-ring (bicyclic) bond motifs is 1. The first-order valence-corrected chi connectivity index (χ1v) is 7.71. The Hall–Kier alpha value is -1.10. The van der Waals surface area contributed by atoms with Gasteiger partial charge in [0.1, 0.15) is 0 Å². The molecule has 0 spiro atoms. The van der Waals surface area contributed by atoms with Crippen LogP contribution in [0, 0.1) is 0 Å². The zero-order chi connectivity index (χ0) is 12.4. The van der Waals surface area contributed by atoms with Gasteiger partial charge in [0.25, 0.3) is 0 Å². The van der Waals surface area contributed by atoms with Crippen molar-refractivity contribution in [2.75, 3.05) is 11.9 Å². The lowest BCUT2D eigenvalue weighted by Gasteiger charge is -1.99. The summed E-state index contributed by atoms with van der Waals surface area (Å²) in [4.78, 5) is 5.91. The Morgan fingerprint density at radius 3 is 2.94 bits per heavy atom. The number of nitrogens with zero attached hydrogens (tertiary/aromatic N) is 1. The van der Waals surface area contributed by atoms with Crippen LogP contribution in [0.1, 0.15) is 4.88 Å². The molecular formula is C13H11ClN2S2. The number of thiazole rings is 1. The summed E-state index contributed by atoms with van der Waals surface area (Å²) < 4.78 is 1.05. The summed E-state index contributed by atoms with van der Waals surface area (Å²) in [6, 6.07) is 10.1. The highest BCUT2D eigenvalue weighted by molar-refractivity contribution is 7.22. The maximum Gasteiger partial charge on any atom is 0.183 e. The van der Waals surface area contributed by atoms with Crippen molar-refractivity contribution in [1.82, 2.24) is 4.98 Å². The monoisotopic (exact) mass is 294 g/mol. The van der Waals surface area contributed by atoms with Gasteiger partial charge in [0, 0.05) is 11.4 Å². The van der Waals surface area contributed by atoms with Crippen molar-refractivity contribution in [3.63, 3.8) is 0 Å². The molecule has 1 N–H and O–H groups in total. The van der Waals surface area contributed by atoms with Gasteiger partial charge in [-0.15, -0.1) is 11.3 Å². The first-order chi connectivity index (χ1) is 8.83. The molecule has 2 nitrogen and oxygen atoms in total. The molecule has 0 fully saturated rings. The Balaban J connectivity index is 1.69. The Bertz CT molecular complexity index is 646. The Morgan fingerprint density at radius 2 is 2.17 bits per heavy atom. The molecule has 0 radical (unpaired) electrons. The van der Waals surface area contributed by atoms with Gasteiger partial charge >= 0.3 is 0 Å². The van der Waals surface area contributed by atoms with Crippen molar-refractivity contribution < 1.29 is 0 Å². The third-order valence-corrected chi connectivity index (χ3v) is 5.02. The van der Waals surface area contributed by atoms with Crippen LogP contribution >= 0.6 is 34.3 Å². The minimum atomic E-state index is 0.774. The van der Waals surface area contributed by atoms with E-state index in [2.05, 4.69) is 27.8 Å². The molecule has 0 atom stereocenters. The third-order valence-electron chi connectivity index (χ3n) is 2.59. The summed E-state index contributed by atoms with van der Waals surface area (Å²) in [5, 5.41) is 7.17. The third kappa shape index (κ3) is 2.51. The van der Waals surface area contributed by atoms with Crippen LogP contribution in [0.2, 0.25) is 5.02 Å². The number of halogens is 1. The lowest BCUT2D eigenvalue weighted by atomic mass is 10.3. The number of hydrogen-bond acceptors (Lipinski definition) is 4. The summed E-state index contributed by atoms with van der Waals surface area (Å²) in [6.07, 6.45) is 1.03. The van der Waals surface area contributed by atoms with E-state index in [1.807, 2.05) is 18.2 Å². The predicted molar refractivity (Wildman–Crippen MR) is 81.1 cm³/mol. The van der Waals surface area contributed by atoms with Crippen molar-refractivity contribution in [3.05, 3.63) is 45.6 Å². The molecule has 1 aromatic carbocycles. The fourth-order valence-electron chi connectivity index (χ4n) is 1.74. The minimum absolute atomic E-state index is 0.774. The summed E-state index contributed by atoms with van der Waals surface area (Å²) in [6.45, 7) is 0.901. The number of benzene rings is 1. The second kappa shape index (κ2) is 5.26. The standard InChI is InChI=1S/C13H11ClN2S2/c14-10-4-1-5-11-12(10)18-13(16-11)15-7-6-9-3-2-8-17-9/h1-5,8H,6-7H2,(H,15,16). The van der Waals surface area contributed by atoms with Crippen molar-refractivity contribution in [1.29, 1.82) is 0 Å². The van der Waals surface area contributed by atoms with Crippen LogP contribution < -0.4 is 5.32 Å². The van der Waals surface area contributed by atoms with Crippen LogP contribution in [0.5, 0.6) is 0 Å². The predicted octanol–water partition coefficient (Wildman–Crippen LogP) is 4.67. The zero-order valence-corrected chi connectivity index (χ0v) is 11.9. The van der Waals surface area contributed by atoms with E-state index in [-0.39, 0.29) is 0 Å². The zero-order valence-electron chi connectivity index (χ0n) is 9.52. The van der Waals surface area contributed by atoms with E-state index in [0.29, 0.717) is 0 Å². The first-order valence-electron chi connectivity index (χ1n) is 5.64. The number of aromatic nitrogens is 1. The molecule has 2 heterocycles. The maximum atomic E-state index is 6.13. The van der Waals surface area contributed by atoms with Crippen LogP contribution in [0.3, 0.4) is 0 Å². The SMILES string of the molecule is Clc1cccc2nc(NCCc3cccs3)sc12. The molecule has 0 saturated carbocycles. The highest BCUT2D eigenvalue weighted by atomic mass is 35.5. The molecule has 0 aliphatic rings. The molecule has 0 amide bonds. The van der Waals surface area contributed by atoms with E-state index < -0.39 is 0 Å². The second-order valence-electron chi connectivity index (χ2n) is 3.86. The van der Waals surface area contributed by atoms with E-state index in [1.54, 1.807) is 22.7 Å². The van der Waals surface area contributed by atoms with E-state index in [4.69, 9.17) is 11.6 Å². The highest BCUT2D eigenvalue weighted by Gasteiger charge is 2.06. The van der Waals surface area contributed by atoms with Crippen LogP contribution in [0.15, 0.2) is 35.7 Å². The van der Waals surface area contributed by atoms with Gasteiger partial charge in [-0.05, 0) is 30.0 Å². The summed E-state index contributed by atoms with van der Waals surface area (Å²) in [5.74, 6) is 0. The summed E-state index contributed by atoms with van der Waals surface area (Å²) in [5.41, 5.74) is 0.964. The molecule has 3 aromatic rings. The average molecular weight is 295 g/mol. The molecule has 0 unspecified atom stereocenters. The Morgan fingerprint density at radius 1 is 1.22 bits per heavy atom. The maximum absolute atomic E-state index is 6.13. The fraction of sp³-hybridized carbons (Fsp3) is 0.154. The number of hydrogen-bond donors (Lipinski definition) is 1. The van der Waals surface area contributed by atoms with Gasteiger partial charge in [0.15, 0.2) is 5.13 Å². The van der Waals surface area contributed by atoms with Crippen LogP contribution in [-0.2, 0) is 6.42 Å². The Kier molecular flexibility index (Phi) is 3.50. The molecular weight excluding hydrogens is 284 g/mol. The lowest BCUT2D eigenvalue weighted by molar-refractivity contribution is 1.04. The number of thiophene rings is 1. The number of nitrogens with one attached hydrogen (secondary N) is 1. The molecule has 92 valence electrons. The molecule has 0 bridgehead atoms. The van der Waals surface area contributed by atoms with Gasteiger partial charge < -0.3 is 5.32 Å². The topological polar surface area (TPSA) is 24.9 Å². The van der Waals surface area contributed by atoms with E-state index in [9.17, 15) is 0 Å². The van der Waals surface area contributed by atoms with Crippen LogP contribution in [0.4, 0.5) is 5.13 Å². The van der Waals surface area contributed by atoms with Crippen molar-refractivity contribution >= 4 is 49.6 Å². The second-order valence-corrected chi connectivity index (χ2v) is 6.30. The highest BCUT2D eigenvalue weighted by Crippen LogP contribution is 2.31. The van der Waals surface area contributed by atoms with Gasteiger partial charge in [-0.25, -0.2) is 4.98 Å². The average Bonchev–Trinajstić information content (AvgIpc) is 2.98.